The number of carbonyl (C=O) groups is 3. The predicted molar refractivity (Wildman–Crippen MR) is 109 cm³/mol. The number of carbonyl (C=O) groups excluding carboxylic acids is 3. The first-order chi connectivity index (χ1) is 15.1. The summed E-state index contributed by atoms with van der Waals surface area (Å²) >= 11 is 0. The van der Waals surface area contributed by atoms with Gasteiger partial charge in [-0.2, -0.15) is 0 Å². The number of anilines is 2. The Labute approximate surface area is 177 Å². The zero-order valence-electron chi connectivity index (χ0n) is 16.5. The normalized spacial score (nSPS) is 32.6. The number of benzene rings is 2. The van der Waals surface area contributed by atoms with Gasteiger partial charge in [0.15, 0.2) is 11.5 Å². The molecule has 3 amide bonds. The molecule has 0 aliphatic carbocycles. The van der Waals surface area contributed by atoms with Crippen LogP contribution in [0.4, 0.5) is 11.4 Å². The first kappa shape index (κ1) is 17.3. The maximum absolute atomic E-state index is 13.9. The minimum absolute atomic E-state index is 0.114. The minimum Gasteiger partial charge on any atom is -0.454 e. The summed E-state index contributed by atoms with van der Waals surface area (Å²) in [6.07, 6.45) is 1.70. The van der Waals surface area contributed by atoms with Gasteiger partial charge in [0, 0.05) is 23.4 Å². The molecule has 8 heteroatoms. The summed E-state index contributed by atoms with van der Waals surface area (Å²) in [5.41, 5.74) is 0.842. The molecule has 5 aliphatic rings. The molecular weight excluding hydrogens is 398 g/mol. The van der Waals surface area contributed by atoms with Crippen molar-refractivity contribution < 1.29 is 23.9 Å². The third-order valence-electron chi connectivity index (χ3n) is 7.51. The molecule has 3 fully saturated rings. The van der Waals surface area contributed by atoms with E-state index in [0.717, 1.165) is 24.1 Å². The van der Waals surface area contributed by atoms with Crippen LogP contribution in [-0.4, -0.2) is 42.0 Å². The van der Waals surface area contributed by atoms with Crippen molar-refractivity contribution in [3.63, 3.8) is 0 Å². The van der Waals surface area contributed by atoms with Gasteiger partial charge in [0.2, 0.25) is 24.5 Å². The fourth-order valence-electron chi connectivity index (χ4n) is 6.44. The SMILES string of the molecule is O=C1C2C3CCCN3C3(C(=O)Nc4ccccc43)C2C(=O)N1c1ccc2c(c1)OCO2. The van der Waals surface area contributed by atoms with Gasteiger partial charge in [0.05, 0.1) is 17.5 Å². The molecule has 0 aromatic heterocycles. The lowest BCUT2D eigenvalue weighted by Crippen LogP contribution is -2.54. The Bertz CT molecular complexity index is 1200. The summed E-state index contributed by atoms with van der Waals surface area (Å²) in [6.45, 7) is 0.813. The second kappa shape index (κ2) is 5.64. The van der Waals surface area contributed by atoms with E-state index in [-0.39, 0.29) is 30.6 Å². The number of nitrogens with zero attached hydrogens (tertiary/aromatic N) is 2. The zero-order valence-corrected chi connectivity index (χ0v) is 16.5. The largest absolute Gasteiger partial charge is 0.454 e. The Morgan fingerprint density at radius 3 is 2.74 bits per heavy atom. The summed E-state index contributed by atoms with van der Waals surface area (Å²) in [4.78, 5) is 44.4. The summed E-state index contributed by atoms with van der Waals surface area (Å²) in [5, 5.41) is 2.98. The highest BCUT2D eigenvalue weighted by molar-refractivity contribution is 6.26. The van der Waals surface area contributed by atoms with E-state index < -0.39 is 17.4 Å². The van der Waals surface area contributed by atoms with Crippen molar-refractivity contribution in [2.24, 2.45) is 11.8 Å². The molecule has 3 saturated heterocycles. The van der Waals surface area contributed by atoms with Gasteiger partial charge >= 0.3 is 0 Å². The number of hydrogen-bond acceptors (Lipinski definition) is 6. The highest BCUT2D eigenvalue weighted by Gasteiger charge is 2.74. The predicted octanol–water partition coefficient (Wildman–Crippen LogP) is 1.85. The van der Waals surface area contributed by atoms with Crippen LogP contribution in [0.25, 0.3) is 0 Å². The molecule has 31 heavy (non-hydrogen) atoms. The van der Waals surface area contributed by atoms with Crippen molar-refractivity contribution in [2.75, 3.05) is 23.6 Å². The van der Waals surface area contributed by atoms with E-state index in [1.54, 1.807) is 18.2 Å². The summed E-state index contributed by atoms with van der Waals surface area (Å²) < 4.78 is 10.8. The van der Waals surface area contributed by atoms with E-state index in [1.165, 1.54) is 4.90 Å². The number of ether oxygens (including phenoxy) is 2. The molecule has 5 aliphatic heterocycles. The van der Waals surface area contributed by atoms with Gasteiger partial charge in [-0.15, -0.1) is 0 Å². The van der Waals surface area contributed by atoms with E-state index in [4.69, 9.17) is 9.47 Å². The lowest BCUT2D eigenvalue weighted by atomic mass is 9.75. The Kier molecular flexibility index (Phi) is 3.15. The Hall–Kier alpha value is -3.39. The van der Waals surface area contributed by atoms with Gasteiger partial charge in [0.25, 0.3) is 0 Å². The number of rotatable bonds is 1. The molecule has 0 radical (unpaired) electrons. The van der Waals surface area contributed by atoms with E-state index in [0.29, 0.717) is 23.7 Å². The first-order valence-electron chi connectivity index (χ1n) is 10.6. The van der Waals surface area contributed by atoms with Crippen LogP contribution in [0.2, 0.25) is 0 Å². The van der Waals surface area contributed by atoms with Crippen LogP contribution < -0.4 is 19.7 Å². The number of fused-ring (bicyclic) bond motifs is 8. The monoisotopic (exact) mass is 417 g/mol. The van der Waals surface area contributed by atoms with Crippen LogP contribution in [0.15, 0.2) is 42.5 Å². The van der Waals surface area contributed by atoms with Crippen LogP contribution in [0.5, 0.6) is 11.5 Å². The molecule has 4 unspecified atom stereocenters. The number of hydrogen-bond donors (Lipinski definition) is 1. The number of amides is 3. The van der Waals surface area contributed by atoms with Gasteiger partial charge in [-0.3, -0.25) is 19.3 Å². The zero-order chi connectivity index (χ0) is 20.9. The second-order valence-corrected chi connectivity index (χ2v) is 8.72. The average molecular weight is 417 g/mol. The quantitative estimate of drug-likeness (QED) is 0.713. The van der Waals surface area contributed by atoms with Gasteiger partial charge < -0.3 is 14.8 Å². The van der Waals surface area contributed by atoms with Crippen molar-refractivity contribution in [1.82, 2.24) is 4.90 Å². The lowest BCUT2D eigenvalue weighted by molar-refractivity contribution is -0.135. The molecule has 8 nitrogen and oxygen atoms in total. The maximum Gasteiger partial charge on any atom is 0.250 e. The third kappa shape index (κ3) is 1.88. The van der Waals surface area contributed by atoms with Crippen LogP contribution in [-0.2, 0) is 19.9 Å². The van der Waals surface area contributed by atoms with Gasteiger partial charge in [-0.1, -0.05) is 18.2 Å². The van der Waals surface area contributed by atoms with Crippen molar-refractivity contribution in [3.8, 4) is 11.5 Å². The maximum atomic E-state index is 13.9. The van der Waals surface area contributed by atoms with Crippen molar-refractivity contribution >= 4 is 29.1 Å². The summed E-state index contributed by atoms with van der Waals surface area (Å²) in [7, 11) is 0. The molecule has 0 bridgehead atoms. The van der Waals surface area contributed by atoms with Crippen LogP contribution in [0, 0.1) is 11.8 Å². The molecular formula is C23H19N3O5. The molecule has 4 atom stereocenters. The fourth-order valence-corrected chi connectivity index (χ4v) is 6.44. The topological polar surface area (TPSA) is 88.2 Å². The average Bonchev–Trinajstić information content (AvgIpc) is 3.54. The first-order valence-corrected chi connectivity index (χ1v) is 10.6. The Morgan fingerprint density at radius 2 is 1.84 bits per heavy atom. The standard InChI is InChI=1S/C23H19N3O5/c27-20-18-15-6-3-9-25(15)23(13-4-1-2-5-14(13)24-22(23)29)19(18)21(28)26(20)12-7-8-16-17(10-12)31-11-30-16/h1-2,4-5,7-8,10,15,18-19H,3,6,9,11H2,(H,24,29). The molecule has 5 heterocycles. The number of nitrogens with one attached hydrogen (secondary N) is 1. The minimum atomic E-state index is -1.14. The third-order valence-corrected chi connectivity index (χ3v) is 7.51. The molecule has 2 aromatic rings. The second-order valence-electron chi connectivity index (χ2n) is 8.72. The van der Waals surface area contributed by atoms with Crippen molar-refractivity contribution in [2.45, 2.75) is 24.4 Å². The van der Waals surface area contributed by atoms with E-state index in [2.05, 4.69) is 10.2 Å². The Morgan fingerprint density at radius 1 is 1.00 bits per heavy atom. The van der Waals surface area contributed by atoms with Gasteiger partial charge in [-0.25, -0.2) is 4.90 Å². The van der Waals surface area contributed by atoms with E-state index in [1.807, 2.05) is 24.3 Å². The van der Waals surface area contributed by atoms with E-state index in [9.17, 15) is 14.4 Å². The summed E-state index contributed by atoms with van der Waals surface area (Å²) in [6, 6.07) is 12.5. The highest BCUT2D eigenvalue weighted by Crippen LogP contribution is 2.60. The van der Waals surface area contributed by atoms with Crippen LogP contribution in [0.3, 0.4) is 0 Å². The molecule has 0 saturated carbocycles. The molecule has 1 spiro atoms. The smallest absolute Gasteiger partial charge is 0.250 e. The highest BCUT2D eigenvalue weighted by atomic mass is 16.7. The number of imide groups is 1. The van der Waals surface area contributed by atoms with E-state index >= 15 is 0 Å². The van der Waals surface area contributed by atoms with Crippen molar-refractivity contribution in [3.05, 3.63) is 48.0 Å². The molecule has 156 valence electrons. The number of para-hydroxylation sites is 1. The van der Waals surface area contributed by atoms with Gasteiger partial charge in [-0.05, 0) is 37.6 Å². The fraction of sp³-hybridized carbons (Fsp3) is 0.348. The lowest BCUT2D eigenvalue weighted by Gasteiger charge is -2.36. The molecule has 1 N–H and O–H groups in total. The Balaban J connectivity index is 1.40. The van der Waals surface area contributed by atoms with Crippen molar-refractivity contribution in [1.29, 1.82) is 0 Å². The van der Waals surface area contributed by atoms with Gasteiger partial charge in [0.1, 0.15) is 5.54 Å². The summed E-state index contributed by atoms with van der Waals surface area (Å²) in [5.74, 6) is -0.963. The molecule has 7 rings (SSSR count). The van der Waals surface area contributed by atoms with Crippen LogP contribution >= 0.6 is 0 Å². The molecule has 2 aromatic carbocycles. The van der Waals surface area contributed by atoms with Crippen LogP contribution in [0.1, 0.15) is 18.4 Å².